The summed E-state index contributed by atoms with van der Waals surface area (Å²) in [5.74, 6) is 0. The highest BCUT2D eigenvalue weighted by molar-refractivity contribution is 8.03. The second-order valence-electron chi connectivity index (χ2n) is 4.50. The van der Waals surface area contributed by atoms with Crippen molar-refractivity contribution in [3.8, 4) is 5.40 Å². The van der Waals surface area contributed by atoms with Gasteiger partial charge in [-0.1, -0.05) is 12.1 Å². The van der Waals surface area contributed by atoms with Crippen molar-refractivity contribution >= 4 is 33.2 Å². The van der Waals surface area contributed by atoms with Gasteiger partial charge in [0.15, 0.2) is 4.90 Å². The van der Waals surface area contributed by atoms with Crippen molar-refractivity contribution in [2.75, 3.05) is 4.72 Å². The molecule has 0 aliphatic carbocycles. The van der Waals surface area contributed by atoms with Gasteiger partial charge in [0.25, 0.3) is 15.7 Å². The molecular formula is C14H11N3O4S2. The number of rotatable bonds is 5. The SMILES string of the molecule is Cc1cc(SC#N)ccc1NS(=O)(=O)c1ccccc1[N+](=O)[O-]. The summed E-state index contributed by atoms with van der Waals surface area (Å²) in [5, 5.41) is 21.5. The van der Waals surface area contributed by atoms with Crippen molar-refractivity contribution in [2.45, 2.75) is 16.7 Å². The number of nitro groups is 1. The molecule has 0 unspecified atom stereocenters. The Morgan fingerprint density at radius 2 is 1.96 bits per heavy atom. The third-order valence-electron chi connectivity index (χ3n) is 2.96. The number of hydrogen-bond donors (Lipinski definition) is 1. The molecule has 0 radical (unpaired) electrons. The van der Waals surface area contributed by atoms with Crippen LogP contribution in [-0.4, -0.2) is 13.3 Å². The van der Waals surface area contributed by atoms with E-state index in [4.69, 9.17) is 5.26 Å². The van der Waals surface area contributed by atoms with Gasteiger partial charge >= 0.3 is 0 Å². The van der Waals surface area contributed by atoms with Gasteiger partial charge < -0.3 is 0 Å². The van der Waals surface area contributed by atoms with Gasteiger partial charge in [-0.25, -0.2) is 8.42 Å². The van der Waals surface area contributed by atoms with Crippen LogP contribution in [0, 0.1) is 27.7 Å². The van der Waals surface area contributed by atoms with Gasteiger partial charge in [-0.2, -0.15) is 5.26 Å². The second-order valence-corrected chi connectivity index (χ2v) is 7.01. The Labute approximate surface area is 137 Å². The number of nitro benzene ring substituents is 1. The fourth-order valence-corrected chi connectivity index (χ4v) is 3.68. The predicted octanol–water partition coefficient (Wildman–Crippen LogP) is 3.28. The number of thioether (sulfide) groups is 1. The fraction of sp³-hybridized carbons (Fsp3) is 0.0714. The molecular weight excluding hydrogens is 338 g/mol. The maximum absolute atomic E-state index is 12.4. The number of nitriles is 1. The van der Waals surface area contributed by atoms with E-state index in [1.807, 2.05) is 5.40 Å². The Hall–Kier alpha value is -2.57. The number of benzene rings is 2. The minimum atomic E-state index is -4.10. The third-order valence-corrected chi connectivity index (χ3v) is 4.95. The summed E-state index contributed by atoms with van der Waals surface area (Å²) in [6, 6.07) is 9.89. The highest BCUT2D eigenvalue weighted by atomic mass is 32.2. The Kier molecular flexibility index (Phi) is 4.88. The van der Waals surface area contributed by atoms with E-state index in [0.717, 1.165) is 17.8 Å². The summed E-state index contributed by atoms with van der Waals surface area (Å²) < 4.78 is 27.2. The van der Waals surface area contributed by atoms with E-state index < -0.39 is 25.5 Å². The largest absolute Gasteiger partial charge is 0.289 e. The Morgan fingerprint density at radius 3 is 2.57 bits per heavy atom. The monoisotopic (exact) mass is 349 g/mol. The van der Waals surface area contributed by atoms with E-state index in [9.17, 15) is 18.5 Å². The van der Waals surface area contributed by atoms with Crippen LogP contribution in [0.5, 0.6) is 0 Å². The molecule has 7 nitrogen and oxygen atoms in total. The molecule has 1 N–H and O–H groups in total. The number of nitrogens with one attached hydrogen (secondary N) is 1. The molecule has 2 aromatic rings. The lowest BCUT2D eigenvalue weighted by molar-refractivity contribution is -0.387. The normalized spacial score (nSPS) is 10.8. The molecule has 2 aromatic carbocycles. The summed E-state index contributed by atoms with van der Waals surface area (Å²) in [7, 11) is -4.10. The van der Waals surface area contributed by atoms with Crippen molar-refractivity contribution in [3.63, 3.8) is 0 Å². The average Bonchev–Trinajstić information content (AvgIpc) is 2.50. The van der Waals surface area contributed by atoms with Crippen LogP contribution >= 0.6 is 11.8 Å². The molecule has 2 rings (SSSR count). The summed E-state index contributed by atoms with van der Waals surface area (Å²) in [5.41, 5.74) is 0.409. The predicted molar refractivity (Wildman–Crippen MR) is 86.6 cm³/mol. The highest BCUT2D eigenvalue weighted by Gasteiger charge is 2.25. The first-order valence-electron chi connectivity index (χ1n) is 6.28. The first kappa shape index (κ1) is 16.8. The van der Waals surface area contributed by atoms with Gasteiger partial charge in [0, 0.05) is 11.0 Å². The van der Waals surface area contributed by atoms with E-state index in [0.29, 0.717) is 16.1 Å². The van der Waals surface area contributed by atoms with Crippen molar-refractivity contribution in [3.05, 3.63) is 58.1 Å². The summed E-state index contributed by atoms with van der Waals surface area (Å²) in [6.45, 7) is 1.68. The summed E-state index contributed by atoms with van der Waals surface area (Å²) in [4.78, 5) is 10.5. The van der Waals surface area contributed by atoms with Gasteiger partial charge in [0.2, 0.25) is 0 Å². The fourth-order valence-electron chi connectivity index (χ4n) is 1.90. The third kappa shape index (κ3) is 3.80. The molecule has 0 fully saturated rings. The molecule has 118 valence electrons. The molecule has 0 amide bonds. The molecule has 0 aliphatic heterocycles. The van der Waals surface area contributed by atoms with Crippen LogP contribution in [0.15, 0.2) is 52.3 Å². The van der Waals surface area contributed by atoms with Crippen LogP contribution < -0.4 is 4.72 Å². The van der Waals surface area contributed by atoms with E-state index in [1.165, 1.54) is 24.3 Å². The zero-order valence-corrected chi connectivity index (χ0v) is 13.5. The molecule has 0 heterocycles. The van der Waals surface area contributed by atoms with Crippen LogP contribution in [0.1, 0.15) is 5.56 Å². The molecule has 0 bridgehead atoms. The quantitative estimate of drug-likeness (QED) is 0.383. The van der Waals surface area contributed by atoms with E-state index in [1.54, 1.807) is 19.1 Å². The molecule has 0 saturated carbocycles. The number of sulfonamides is 1. The number of para-hydroxylation sites is 1. The van der Waals surface area contributed by atoms with Crippen molar-refractivity contribution in [2.24, 2.45) is 0 Å². The minimum absolute atomic E-state index is 0.297. The van der Waals surface area contributed by atoms with Crippen LogP contribution in [0.4, 0.5) is 11.4 Å². The average molecular weight is 349 g/mol. The van der Waals surface area contributed by atoms with E-state index in [2.05, 4.69) is 4.72 Å². The Balaban J connectivity index is 2.40. The number of aryl methyl sites for hydroxylation is 1. The number of nitrogens with zero attached hydrogens (tertiary/aromatic N) is 2. The zero-order chi connectivity index (χ0) is 17.0. The van der Waals surface area contributed by atoms with Gasteiger partial charge in [-0.05, 0) is 48.5 Å². The lowest BCUT2D eigenvalue weighted by Crippen LogP contribution is -2.15. The first-order valence-corrected chi connectivity index (χ1v) is 8.58. The van der Waals surface area contributed by atoms with Crippen molar-refractivity contribution in [1.29, 1.82) is 5.26 Å². The lowest BCUT2D eigenvalue weighted by Gasteiger charge is -2.11. The van der Waals surface area contributed by atoms with E-state index >= 15 is 0 Å². The van der Waals surface area contributed by atoms with E-state index in [-0.39, 0.29) is 0 Å². The molecule has 0 saturated heterocycles. The summed E-state index contributed by atoms with van der Waals surface area (Å²) in [6.07, 6.45) is 0. The Bertz CT molecular complexity index is 904. The number of thiocyanates is 1. The van der Waals surface area contributed by atoms with Gasteiger partial charge in [0.1, 0.15) is 5.40 Å². The number of hydrogen-bond acceptors (Lipinski definition) is 6. The molecule has 0 aliphatic rings. The van der Waals surface area contributed by atoms with Crippen molar-refractivity contribution in [1.82, 2.24) is 0 Å². The molecule has 23 heavy (non-hydrogen) atoms. The van der Waals surface area contributed by atoms with Gasteiger partial charge in [0.05, 0.1) is 10.6 Å². The maximum Gasteiger partial charge on any atom is 0.289 e. The van der Waals surface area contributed by atoms with Gasteiger partial charge in [-0.3, -0.25) is 14.8 Å². The van der Waals surface area contributed by atoms with Crippen molar-refractivity contribution < 1.29 is 13.3 Å². The molecule has 9 heteroatoms. The maximum atomic E-state index is 12.4. The smallest absolute Gasteiger partial charge is 0.279 e. The Morgan fingerprint density at radius 1 is 1.26 bits per heavy atom. The standard InChI is InChI=1S/C14H11N3O4S2/c1-10-8-11(22-9-15)6-7-12(10)16-23(20,21)14-5-3-2-4-13(14)17(18)19/h2-8,16H,1H3. The lowest BCUT2D eigenvalue weighted by atomic mass is 10.2. The highest BCUT2D eigenvalue weighted by Crippen LogP contribution is 2.28. The summed E-state index contributed by atoms with van der Waals surface area (Å²) >= 11 is 0.958. The van der Waals surface area contributed by atoms with Crippen LogP contribution in [0.2, 0.25) is 0 Å². The molecule has 0 aromatic heterocycles. The van der Waals surface area contributed by atoms with Crippen LogP contribution in [0.3, 0.4) is 0 Å². The topological polar surface area (TPSA) is 113 Å². The first-order chi connectivity index (χ1) is 10.8. The van der Waals surface area contributed by atoms with Crippen LogP contribution in [-0.2, 0) is 10.0 Å². The second kappa shape index (κ2) is 6.68. The zero-order valence-electron chi connectivity index (χ0n) is 11.9. The number of anilines is 1. The molecule has 0 atom stereocenters. The van der Waals surface area contributed by atoms with Gasteiger partial charge in [-0.15, -0.1) is 0 Å². The minimum Gasteiger partial charge on any atom is -0.279 e. The molecule has 0 spiro atoms. The van der Waals surface area contributed by atoms with Crippen LogP contribution in [0.25, 0.3) is 0 Å².